The number of alkyl halides is 1. The van der Waals surface area contributed by atoms with E-state index in [2.05, 4.69) is 10.3 Å². The number of halogens is 1. The van der Waals surface area contributed by atoms with E-state index in [4.69, 9.17) is 21.3 Å². The van der Waals surface area contributed by atoms with Crippen LogP contribution in [0.1, 0.15) is 5.01 Å². The second-order valence-corrected chi connectivity index (χ2v) is 6.86. The molecule has 1 aromatic heterocycles. The summed E-state index contributed by atoms with van der Waals surface area (Å²) in [6.45, 7) is 4.00. The molecule has 1 fully saturated rings. The third-order valence-corrected chi connectivity index (χ3v) is 5.18. The van der Waals surface area contributed by atoms with Crippen LogP contribution in [0.5, 0.6) is 5.75 Å². The lowest BCUT2D eigenvalue weighted by Crippen LogP contribution is -2.48. The van der Waals surface area contributed by atoms with Crippen molar-refractivity contribution >= 4 is 28.8 Å². The fourth-order valence-corrected chi connectivity index (χ4v) is 3.74. The van der Waals surface area contributed by atoms with Gasteiger partial charge in [-0.25, -0.2) is 4.98 Å². The first kappa shape index (κ1) is 17.2. The molecular formula is C17H20ClN3O2S. The van der Waals surface area contributed by atoms with E-state index in [-0.39, 0.29) is 11.8 Å². The van der Waals surface area contributed by atoms with Gasteiger partial charge < -0.3 is 9.64 Å². The zero-order valence-corrected chi connectivity index (χ0v) is 15.1. The third-order valence-electron chi connectivity index (χ3n) is 4.12. The van der Waals surface area contributed by atoms with Gasteiger partial charge >= 0.3 is 0 Å². The molecule has 0 radical (unpaired) electrons. The lowest BCUT2D eigenvalue weighted by atomic mass is 10.2. The zero-order valence-electron chi connectivity index (χ0n) is 13.6. The molecule has 128 valence electrons. The summed E-state index contributed by atoms with van der Waals surface area (Å²) in [6.07, 6.45) is 0. The van der Waals surface area contributed by atoms with Gasteiger partial charge in [0.15, 0.2) is 0 Å². The third kappa shape index (κ3) is 4.06. The minimum Gasteiger partial charge on any atom is -0.497 e. The van der Waals surface area contributed by atoms with Gasteiger partial charge in [-0.05, 0) is 12.1 Å². The van der Waals surface area contributed by atoms with Gasteiger partial charge in [0.1, 0.15) is 16.6 Å². The van der Waals surface area contributed by atoms with E-state index in [1.165, 1.54) is 0 Å². The molecule has 1 aliphatic rings. The maximum absolute atomic E-state index is 11.6. The number of nitrogens with zero attached hydrogens (tertiary/aromatic N) is 3. The Kier molecular flexibility index (Phi) is 5.71. The largest absolute Gasteiger partial charge is 0.497 e. The van der Waals surface area contributed by atoms with E-state index < -0.39 is 0 Å². The van der Waals surface area contributed by atoms with E-state index in [9.17, 15) is 4.79 Å². The minimum absolute atomic E-state index is 0.0193. The number of rotatable bonds is 5. The molecule has 1 saturated heterocycles. The highest BCUT2D eigenvalue weighted by Gasteiger charge is 2.21. The molecule has 1 amide bonds. The lowest BCUT2D eigenvalue weighted by Gasteiger charge is -2.33. The van der Waals surface area contributed by atoms with E-state index in [1.54, 1.807) is 18.4 Å². The summed E-state index contributed by atoms with van der Waals surface area (Å²) in [4.78, 5) is 20.5. The van der Waals surface area contributed by atoms with Crippen LogP contribution in [0.2, 0.25) is 0 Å². The highest BCUT2D eigenvalue weighted by molar-refractivity contribution is 7.09. The molecule has 24 heavy (non-hydrogen) atoms. The van der Waals surface area contributed by atoms with Gasteiger partial charge in [-0.1, -0.05) is 12.1 Å². The van der Waals surface area contributed by atoms with Crippen molar-refractivity contribution in [1.82, 2.24) is 14.8 Å². The molecule has 5 nitrogen and oxygen atoms in total. The summed E-state index contributed by atoms with van der Waals surface area (Å²) in [5.74, 6) is 0.920. The summed E-state index contributed by atoms with van der Waals surface area (Å²) in [7, 11) is 1.67. The Morgan fingerprint density at radius 1 is 1.33 bits per heavy atom. The first-order chi connectivity index (χ1) is 11.7. The summed E-state index contributed by atoms with van der Waals surface area (Å²) in [5.41, 5.74) is 2.04. The van der Waals surface area contributed by atoms with Gasteiger partial charge in [-0.3, -0.25) is 9.69 Å². The number of amides is 1. The average Bonchev–Trinajstić information content (AvgIpc) is 3.10. The zero-order chi connectivity index (χ0) is 16.9. The van der Waals surface area contributed by atoms with Crippen molar-refractivity contribution in [2.75, 3.05) is 39.2 Å². The monoisotopic (exact) mass is 365 g/mol. The van der Waals surface area contributed by atoms with Crippen LogP contribution < -0.4 is 4.74 Å². The highest BCUT2D eigenvalue weighted by Crippen LogP contribution is 2.26. The SMILES string of the molecule is COc1cccc(-c2csc(CN3CCN(C(=O)CCl)CC3)n2)c1. The number of aromatic nitrogens is 1. The second-order valence-electron chi connectivity index (χ2n) is 5.65. The number of methoxy groups -OCH3 is 1. The maximum atomic E-state index is 11.6. The number of carbonyl (C=O) groups excluding carboxylic acids is 1. The Balaban J connectivity index is 1.60. The van der Waals surface area contributed by atoms with E-state index in [0.717, 1.165) is 54.7 Å². The number of ether oxygens (including phenoxy) is 1. The molecule has 0 atom stereocenters. The van der Waals surface area contributed by atoms with Gasteiger partial charge in [-0.2, -0.15) is 0 Å². The molecule has 3 rings (SSSR count). The van der Waals surface area contributed by atoms with Gasteiger partial charge in [0.2, 0.25) is 5.91 Å². The molecule has 7 heteroatoms. The molecule has 1 aromatic carbocycles. The normalized spacial score (nSPS) is 15.5. The molecule has 0 bridgehead atoms. The predicted octanol–water partition coefficient (Wildman–Crippen LogP) is 2.70. The van der Waals surface area contributed by atoms with Gasteiger partial charge in [0.25, 0.3) is 0 Å². The summed E-state index contributed by atoms with van der Waals surface area (Å²) in [6, 6.07) is 7.94. The summed E-state index contributed by atoms with van der Waals surface area (Å²) < 4.78 is 5.27. The molecule has 0 N–H and O–H groups in total. The van der Waals surface area contributed by atoms with Crippen LogP contribution in [-0.4, -0.2) is 59.9 Å². The number of carbonyl (C=O) groups is 1. The molecule has 0 saturated carbocycles. The van der Waals surface area contributed by atoms with Crippen LogP contribution in [0.3, 0.4) is 0 Å². The number of thiazole rings is 1. The highest BCUT2D eigenvalue weighted by atomic mass is 35.5. The fourth-order valence-electron chi connectivity index (χ4n) is 2.73. The molecule has 0 spiro atoms. The van der Waals surface area contributed by atoms with Crippen molar-refractivity contribution in [2.24, 2.45) is 0 Å². The van der Waals surface area contributed by atoms with Crippen LogP contribution in [0.25, 0.3) is 11.3 Å². The average molecular weight is 366 g/mol. The Morgan fingerprint density at radius 3 is 2.83 bits per heavy atom. The molecule has 1 aliphatic heterocycles. The molecule has 0 unspecified atom stereocenters. The van der Waals surface area contributed by atoms with Crippen LogP contribution in [0.15, 0.2) is 29.6 Å². The topological polar surface area (TPSA) is 45.7 Å². The second kappa shape index (κ2) is 7.96. The lowest BCUT2D eigenvalue weighted by molar-refractivity contribution is -0.130. The summed E-state index contributed by atoms with van der Waals surface area (Å²) >= 11 is 7.28. The van der Waals surface area contributed by atoms with Crippen molar-refractivity contribution in [2.45, 2.75) is 6.54 Å². The van der Waals surface area contributed by atoms with Crippen LogP contribution in [0, 0.1) is 0 Å². The number of piperazine rings is 1. The van der Waals surface area contributed by atoms with Crippen LogP contribution >= 0.6 is 22.9 Å². The smallest absolute Gasteiger partial charge is 0.237 e. The number of hydrogen-bond donors (Lipinski definition) is 0. The molecule has 0 aliphatic carbocycles. The summed E-state index contributed by atoms with van der Waals surface area (Å²) in [5, 5.41) is 3.17. The Labute approximate surface area is 150 Å². The van der Waals surface area contributed by atoms with Gasteiger partial charge in [0, 0.05) is 37.1 Å². The van der Waals surface area contributed by atoms with E-state index >= 15 is 0 Å². The van der Waals surface area contributed by atoms with E-state index in [0.29, 0.717) is 0 Å². The van der Waals surface area contributed by atoms with Crippen molar-refractivity contribution in [1.29, 1.82) is 0 Å². The first-order valence-electron chi connectivity index (χ1n) is 7.84. The molecular weight excluding hydrogens is 346 g/mol. The molecule has 2 aromatic rings. The number of benzene rings is 1. The van der Waals surface area contributed by atoms with Gasteiger partial charge in [0.05, 0.1) is 19.3 Å². The Morgan fingerprint density at radius 2 is 2.12 bits per heavy atom. The van der Waals surface area contributed by atoms with Crippen molar-refractivity contribution in [3.05, 3.63) is 34.7 Å². The van der Waals surface area contributed by atoms with Crippen LogP contribution in [-0.2, 0) is 11.3 Å². The predicted molar refractivity (Wildman–Crippen MR) is 96.7 cm³/mol. The number of hydrogen-bond acceptors (Lipinski definition) is 5. The first-order valence-corrected chi connectivity index (χ1v) is 9.26. The van der Waals surface area contributed by atoms with Crippen molar-refractivity contribution < 1.29 is 9.53 Å². The molecule has 2 heterocycles. The van der Waals surface area contributed by atoms with E-state index in [1.807, 2.05) is 29.2 Å². The maximum Gasteiger partial charge on any atom is 0.237 e. The van der Waals surface area contributed by atoms with Crippen LogP contribution in [0.4, 0.5) is 0 Å². The Hall–Kier alpha value is -1.63. The minimum atomic E-state index is 0.0193. The van der Waals surface area contributed by atoms with Crippen molar-refractivity contribution in [3.8, 4) is 17.0 Å². The van der Waals surface area contributed by atoms with Gasteiger partial charge in [-0.15, -0.1) is 22.9 Å². The standard InChI is InChI=1S/C17H20ClN3O2S/c1-23-14-4-2-3-13(9-14)15-12-24-16(19-15)11-20-5-7-21(8-6-20)17(22)10-18/h2-4,9,12H,5-8,10-11H2,1H3. The fraction of sp³-hybridized carbons (Fsp3) is 0.412. The quantitative estimate of drug-likeness (QED) is 0.764. The van der Waals surface area contributed by atoms with Crippen molar-refractivity contribution in [3.63, 3.8) is 0 Å². The Bertz CT molecular complexity index is 699.